The predicted octanol–water partition coefficient (Wildman–Crippen LogP) is 2.73. The van der Waals surface area contributed by atoms with Crippen molar-refractivity contribution in [2.75, 3.05) is 6.79 Å². The number of aliphatic hydroxyl groups is 1. The predicted molar refractivity (Wildman–Crippen MR) is 70.6 cm³/mol. The topological polar surface area (TPSA) is 47.9 Å². The van der Waals surface area contributed by atoms with Gasteiger partial charge in [0.15, 0.2) is 11.5 Å². The Balaban J connectivity index is 1.74. The van der Waals surface area contributed by atoms with Crippen LogP contribution in [0, 0.1) is 5.41 Å². The van der Waals surface area contributed by atoms with Crippen molar-refractivity contribution in [3.05, 3.63) is 18.2 Å². The van der Waals surface area contributed by atoms with Gasteiger partial charge in [-0.2, -0.15) is 0 Å². The summed E-state index contributed by atoms with van der Waals surface area (Å²) in [6, 6.07) is 5.54. The van der Waals surface area contributed by atoms with E-state index in [9.17, 15) is 5.11 Å². The fraction of sp³-hybridized carbons (Fsp3) is 0.600. The zero-order chi connectivity index (χ0) is 13.5. The molecule has 0 amide bonds. The second-order valence-corrected chi connectivity index (χ2v) is 6.00. The Bertz CT molecular complexity index is 469. The van der Waals surface area contributed by atoms with Crippen LogP contribution in [0.15, 0.2) is 18.2 Å². The summed E-state index contributed by atoms with van der Waals surface area (Å²) in [5, 5.41) is 10.4. The van der Waals surface area contributed by atoms with Gasteiger partial charge in [-0.25, -0.2) is 0 Å². The summed E-state index contributed by atoms with van der Waals surface area (Å²) in [5.41, 5.74) is -0.0841. The molecule has 1 fully saturated rings. The van der Waals surface area contributed by atoms with Crippen molar-refractivity contribution in [2.45, 2.75) is 45.3 Å². The summed E-state index contributed by atoms with van der Waals surface area (Å²) in [6.45, 7) is 4.44. The molecule has 1 aliphatic carbocycles. The molecule has 3 rings (SSSR count). The van der Waals surface area contributed by atoms with Crippen LogP contribution in [-0.4, -0.2) is 24.1 Å². The Kier molecular flexibility index (Phi) is 3.05. The van der Waals surface area contributed by atoms with Gasteiger partial charge < -0.3 is 19.3 Å². The molecule has 0 aromatic heterocycles. The molecule has 0 radical (unpaired) electrons. The van der Waals surface area contributed by atoms with Crippen LogP contribution in [0.1, 0.15) is 33.1 Å². The van der Waals surface area contributed by atoms with E-state index in [0.29, 0.717) is 5.75 Å². The molecule has 1 aromatic carbocycles. The summed E-state index contributed by atoms with van der Waals surface area (Å²) in [6.07, 6.45) is 2.42. The number of hydrogen-bond donors (Lipinski definition) is 1. The lowest BCUT2D eigenvalue weighted by molar-refractivity contribution is -0.0689. The minimum Gasteiger partial charge on any atom is -0.488 e. The maximum absolute atomic E-state index is 10.4. The largest absolute Gasteiger partial charge is 0.488 e. The van der Waals surface area contributed by atoms with E-state index >= 15 is 0 Å². The molecule has 4 nitrogen and oxygen atoms in total. The Morgan fingerprint density at radius 1 is 1.26 bits per heavy atom. The van der Waals surface area contributed by atoms with Crippen molar-refractivity contribution in [1.29, 1.82) is 0 Å². The number of ether oxygens (including phenoxy) is 3. The van der Waals surface area contributed by atoms with Crippen molar-refractivity contribution in [3.8, 4) is 17.2 Å². The fourth-order valence-corrected chi connectivity index (χ4v) is 2.82. The van der Waals surface area contributed by atoms with Gasteiger partial charge in [0.05, 0.1) is 6.10 Å². The summed E-state index contributed by atoms with van der Waals surface area (Å²) in [7, 11) is 0. The maximum Gasteiger partial charge on any atom is 0.231 e. The summed E-state index contributed by atoms with van der Waals surface area (Å²) >= 11 is 0. The second kappa shape index (κ2) is 4.60. The quantitative estimate of drug-likeness (QED) is 0.892. The van der Waals surface area contributed by atoms with Gasteiger partial charge in [-0.3, -0.25) is 0 Å². The Labute approximate surface area is 113 Å². The van der Waals surface area contributed by atoms with Gasteiger partial charge in [0.1, 0.15) is 11.9 Å². The van der Waals surface area contributed by atoms with Crippen LogP contribution in [0.4, 0.5) is 0 Å². The van der Waals surface area contributed by atoms with E-state index in [2.05, 4.69) is 13.8 Å². The third kappa shape index (κ3) is 2.37. The van der Waals surface area contributed by atoms with Crippen LogP contribution < -0.4 is 14.2 Å². The Hall–Kier alpha value is -1.42. The van der Waals surface area contributed by atoms with Crippen LogP contribution in [-0.2, 0) is 0 Å². The van der Waals surface area contributed by atoms with Crippen molar-refractivity contribution >= 4 is 0 Å². The molecule has 104 valence electrons. The summed E-state index contributed by atoms with van der Waals surface area (Å²) in [5.74, 6) is 2.19. The summed E-state index contributed by atoms with van der Waals surface area (Å²) < 4.78 is 16.5. The molecule has 2 aliphatic rings. The van der Waals surface area contributed by atoms with E-state index < -0.39 is 6.10 Å². The lowest BCUT2D eigenvalue weighted by atomic mass is 9.73. The van der Waals surface area contributed by atoms with Gasteiger partial charge in [-0.05, 0) is 36.8 Å². The molecule has 1 heterocycles. The smallest absolute Gasteiger partial charge is 0.231 e. The minimum atomic E-state index is -0.438. The van der Waals surface area contributed by atoms with Gasteiger partial charge in [-0.15, -0.1) is 0 Å². The lowest BCUT2D eigenvalue weighted by Gasteiger charge is -2.40. The number of aliphatic hydroxyl groups excluding tert-OH is 1. The number of fused-ring (bicyclic) bond motifs is 1. The van der Waals surface area contributed by atoms with Crippen LogP contribution in [0.3, 0.4) is 0 Å². The first-order chi connectivity index (χ1) is 9.06. The van der Waals surface area contributed by atoms with E-state index in [1.807, 2.05) is 18.2 Å². The average Bonchev–Trinajstić information content (AvgIpc) is 2.82. The van der Waals surface area contributed by atoms with Gasteiger partial charge in [-0.1, -0.05) is 13.8 Å². The summed E-state index contributed by atoms with van der Waals surface area (Å²) in [4.78, 5) is 0. The van der Waals surface area contributed by atoms with Crippen molar-refractivity contribution in [1.82, 2.24) is 0 Å². The average molecular weight is 264 g/mol. The number of hydrogen-bond acceptors (Lipinski definition) is 4. The molecular formula is C15H20O4. The monoisotopic (exact) mass is 264 g/mol. The molecule has 2 atom stereocenters. The SMILES string of the molecule is CC1(C)CCCC(Oc2ccc3c(c2)OCO3)C1O. The zero-order valence-electron chi connectivity index (χ0n) is 11.4. The van der Waals surface area contributed by atoms with Crippen molar-refractivity contribution in [3.63, 3.8) is 0 Å². The third-order valence-corrected chi connectivity index (χ3v) is 4.09. The van der Waals surface area contributed by atoms with Crippen LogP contribution >= 0.6 is 0 Å². The highest BCUT2D eigenvalue weighted by molar-refractivity contribution is 5.46. The highest BCUT2D eigenvalue weighted by Gasteiger charge is 2.39. The molecule has 1 N–H and O–H groups in total. The molecule has 0 saturated heterocycles. The molecule has 4 heteroatoms. The van der Waals surface area contributed by atoms with E-state index in [1.165, 1.54) is 0 Å². The van der Waals surface area contributed by atoms with E-state index in [0.717, 1.165) is 30.8 Å². The Morgan fingerprint density at radius 3 is 2.89 bits per heavy atom. The van der Waals surface area contributed by atoms with Crippen molar-refractivity contribution < 1.29 is 19.3 Å². The van der Waals surface area contributed by atoms with Crippen LogP contribution in [0.25, 0.3) is 0 Å². The molecule has 2 unspecified atom stereocenters. The normalized spacial score (nSPS) is 28.2. The molecule has 0 bridgehead atoms. The standard InChI is InChI=1S/C15H20O4/c1-15(2)7-3-4-12(14(15)16)19-10-5-6-11-13(8-10)18-9-17-11/h5-6,8,12,14,16H,3-4,7,9H2,1-2H3. The molecule has 19 heavy (non-hydrogen) atoms. The van der Waals surface area contributed by atoms with Crippen molar-refractivity contribution in [2.24, 2.45) is 5.41 Å². The molecular weight excluding hydrogens is 244 g/mol. The molecule has 1 aliphatic heterocycles. The first kappa shape index (κ1) is 12.6. The second-order valence-electron chi connectivity index (χ2n) is 6.00. The van der Waals surface area contributed by atoms with E-state index in [1.54, 1.807) is 0 Å². The maximum atomic E-state index is 10.4. The zero-order valence-corrected chi connectivity index (χ0v) is 11.4. The molecule has 1 saturated carbocycles. The number of benzene rings is 1. The van der Waals surface area contributed by atoms with Gasteiger partial charge in [0, 0.05) is 6.07 Å². The first-order valence-corrected chi connectivity index (χ1v) is 6.81. The Morgan fingerprint density at radius 2 is 2.05 bits per heavy atom. The molecule has 1 aromatic rings. The van der Waals surface area contributed by atoms with Crippen LogP contribution in [0.5, 0.6) is 17.2 Å². The highest BCUT2D eigenvalue weighted by atomic mass is 16.7. The van der Waals surface area contributed by atoms with E-state index in [4.69, 9.17) is 14.2 Å². The van der Waals surface area contributed by atoms with E-state index in [-0.39, 0.29) is 18.3 Å². The third-order valence-electron chi connectivity index (χ3n) is 4.09. The number of rotatable bonds is 2. The fourth-order valence-electron chi connectivity index (χ4n) is 2.82. The van der Waals surface area contributed by atoms with Gasteiger partial charge in [0.25, 0.3) is 0 Å². The van der Waals surface area contributed by atoms with Crippen LogP contribution in [0.2, 0.25) is 0 Å². The lowest BCUT2D eigenvalue weighted by Crippen LogP contribution is -2.46. The highest BCUT2D eigenvalue weighted by Crippen LogP contribution is 2.39. The van der Waals surface area contributed by atoms with Gasteiger partial charge in [0.2, 0.25) is 6.79 Å². The minimum absolute atomic E-state index is 0.0841. The van der Waals surface area contributed by atoms with Gasteiger partial charge >= 0.3 is 0 Å². The first-order valence-electron chi connectivity index (χ1n) is 6.81. The molecule has 0 spiro atoms.